The average molecular weight is 356 g/mol. The minimum Gasteiger partial charge on any atom is -0.255 e. The maximum Gasteiger partial charge on any atom is 0.456 e. The van der Waals surface area contributed by atoms with Crippen molar-refractivity contribution in [3.8, 4) is 0 Å². The molecule has 8 heteroatoms. The quantitative estimate of drug-likeness (QED) is 0.399. The second-order valence-corrected chi connectivity index (χ2v) is 6.90. The van der Waals surface area contributed by atoms with E-state index in [-0.39, 0.29) is 0 Å². The Kier molecular flexibility index (Phi) is 7.98. The molecule has 25 heavy (non-hydrogen) atoms. The van der Waals surface area contributed by atoms with Gasteiger partial charge in [-0.3, -0.25) is 9.78 Å². The highest BCUT2D eigenvalue weighted by molar-refractivity contribution is 6.29. The van der Waals surface area contributed by atoms with Crippen LogP contribution >= 0.6 is 0 Å². The molecule has 0 fully saturated rings. The summed E-state index contributed by atoms with van der Waals surface area (Å²) in [5, 5.41) is 8.54. The Morgan fingerprint density at radius 2 is 1.36 bits per heavy atom. The molecule has 0 unspecified atom stereocenters. The number of carbonyl (C=O) groups excluding carboxylic acids is 2. The summed E-state index contributed by atoms with van der Waals surface area (Å²) in [6.07, 6.45) is 1.34. The molecular weight excluding hydrogens is 332 g/mol. The molecule has 0 aliphatic rings. The van der Waals surface area contributed by atoms with Crippen molar-refractivity contribution in [1.29, 1.82) is 0 Å². The first-order chi connectivity index (χ1) is 11.6. The Morgan fingerprint density at radius 3 is 1.88 bits per heavy atom. The molecule has 0 radical (unpaired) electrons. The van der Waals surface area contributed by atoms with Gasteiger partial charge < -0.3 is 0 Å². The Hall–Kier alpha value is -2.00. The van der Waals surface area contributed by atoms with Crippen molar-refractivity contribution in [2.45, 2.75) is 58.7 Å². The van der Waals surface area contributed by atoms with Gasteiger partial charge in [-0.15, -0.1) is 0 Å². The lowest BCUT2D eigenvalue weighted by molar-refractivity contribution is -0.525. The van der Waals surface area contributed by atoms with Crippen LogP contribution in [0.4, 0.5) is 0 Å². The van der Waals surface area contributed by atoms with E-state index in [1.54, 1.807) is 34.6 Å². The molecule has 0 bridgehead atoms. The molecule has 140 valence electrons. The number of benzene rings is 1. The van der Waals surface area contributed by atoms with Crippen LogP contribution in [-0.2, 0) is 45.6 Å². The first-order valence-electron chi connectivity index (χ1n) is 7.76. The van der Waals surface area contributed by atoms with Gasteiger partial charge in [0.2, 0.25) is 0 Å². The Balaban J connectivity index is 2.25. The van der Waals surface area contributed by atoms with Gasteiger partial charge in [-0.05, 0) is 63.1 Å². The van der Waals surface area contributed by atoms with Crippen molar-refractivity contribution in [2.24, 2.45) is 0 Å². The van der Waals surface area contributed by atoms with Crippen LogP contribution in [-0.4, -0.2) is 23.1 Å². The van der Waals surface area contributed by atoms with Crippen molar-refractivity contribution in [3.05, 3.63) is 35.9 Å². The molecule has 0 amide bonds. The van der Waals surface area contributed by atoms with Crippen LogP contribution in [0, 0.1) is 0 Å². The van der Waals surface area contributed by atoms with Gasteiger partial charge in [-0.25, -0.2) is 9.59 Å². The van der Waals surface area contributed by atoms with Gasteiger partial charge in [0, 0.05) is 0 Å². The fourth-order valence-electron chi connectivity index (χ4n) is 1.49. The molecule has 1 aromatic rings. The van der Waals surface area contributed by atoms with E-state index in [1.807, 2.05) is 30.3 Å². The van der Waals surface area contributed by atoms with Crippen LogP contribution in [0.25, 0.3) is 0 Å². The number of rotatable bonds is 8. The second-order valence-electron chi connectivity index (χ2n) is 6.90. The summed E-state index contributed by atoms with van der Waals surface area (Å²) in [6, 6.07) is 9.80. The van der Waals surface area contributed by atoms with E-state index in [9.17, 15) is 9.59 Å². The largest absolute Gasteiger partial charge is 0.456 e. The third kappa shape index (κ3) is 9.78. The number of hydrogen-bond donors (Lipinski definition) is 0. The summed E-state index contributed by atoms with van der Waals surface area (Å²) in [5.74, 6) is -2.90. The number of carbonyl (C=O) groups is 2. The van der Waals surface area contributed by atoms with Crippen molar-refractivity contribution in [1.82, 2.24) is 0 Å². The topological polar surface area (TPSA) is 89.5 Å². The minimum absolute atomic E-state index is 0.599. The van der Waals surface area contributed by atoms with Gasteiger partial charge in [0.25, 0.3) is 0 Å². The highest BCUT2D eigenvalue weighted by Gasteiger charge is 2.26. The predicted octanol–water partition coefficient (Wildman–Crippen LogP) is 3.01. The summed E-state index contributed by atoms with van der Waals surface area (Å²) >= 11 is 0. The van der Waals surface area contributed by atoms with Gasteiger partial charge in [-0.1, -0.05) is 30.3 Å². The standard InChI is InChI=1S/C17H24O8/c1-16(2,3)22-24-20-14(18)15(19)21-25-23-17(4,5)12-11-13-9-7-6-8-10-13/h6-10H,11-12H2,1-5H3. The van der Waals surface area contributed by atoms with Crippen LogP contribution in [0.2, 0.25) is 0 Å². The van der Waals surface area contributed by atoms with Gasteiger partial charge in [0.15, 0.2) is 0 Å². The van der Waals surface area contributed by atoms with Crippen molar-refractivity contribution in [2.75, 3.05) is 0 Å². The van der Waals surface area contributed by atoms with E-state index in [2.05, 4.69) is 24.7 Å². The minimum atomic E-state index is -1.45. The maximum atomic E-state index is 11.3. The van der Waals surface area contributed by atoms with E-state index in [4.69, 9.17) is 4.89 Å². The first kappa shape index (κ1) is 21.0. The van der Waals surface area contributed by atoms with Crippen LogP contribution in [0.5, 0.6) is 0 Å². The summed E-state index contributed by atoms with van der Waals surface area (Å²) in [6.45, 7) is 8.49. The molecule has 0 heterocycles. The molecule has 0 atom stereocenters. The first-order valence-corrected chi connectivity index (χ1v) is 7.76. The predicted molar refractivity (Wildman–Crippen MR) is 85.1 cm³/mol. The monoisotopic (exact) mass is 356 g/mol. The lowest BCUT2D eigenvalue weighted by atomic mass is 9.99. The second kappa shape index (κ2) is 9.47. The molecule has 0 aliphatic heterocycles. The molecule has 1 aromatic carbocycles. The molecule has 0 saturated carbocycles. The summed E-state index contributed by atoms with van der Waals surface area (Å²) in [7, 11) is 0. The Bertz CT molecular complexity index is 548. The van der Waals surface area contributed by atoms with Crippen molar-refractivity contribution >= 4 is 11.9 Å². The average Bonchev–Trinajstić information content (AvgIpc) is 2.52. The van der Waals surface area contributed by atoms with Gasteiger partial charge in [0.05, 0.1) is 5.60 Å². The van der Waals surface area contributed by atoms with Crippen molar-refractivity contribution in [3.63, 3.8) is 0 Å². The van der Waals surface area contributed by atoms with E-state index < -0.39 is 23.1 Å². The third-order valence-electron chi connectivity index (χ3n) is 2.79. The number of hydrogen-bond acceptors (Lipinski definition) is 8. The molecule has 0 spiro atoms. The molecule has 8 nitrogen and oxygen atoms in total. The highest BCUT2D eigenvalue weighted by atomic mass is 17.5. The van der Waals surface area contributed by atoms with E-state index in [0.29, 0.717) is 6.42 Å². The van der Waals surface area contributed by atoms with Gasteiger partial charge >= 0.3 is 11.9 Å². The SMILES string of the molecule is CC(C)(C)OOOC(=O)C(=O)OOOC(C)(C)CCc1ccccc1. The molecule has 1 rings (SSSR count). The molecule has 0 N–H and O–H groups in total. The zero-order valence-corrected chi connectivity index (χ0v) is 15.1. The Labute approximate surface area is 146 Å². The fourth-order valence-corrected chi connectivity index (χ4v) is 1.49. The third-order valence-corrected chi connectivity index (χ3v) is 2.79. The number of aryl methyl sites for hydroxylation is 1. The van der Waals surface area contributed by atoms with E-state index >= 15 is 0 Å². The van der Waals surface area contributed by atoms with Crippen LogP contribution < -0.4 is 0 Å². The maximum absolute atomic E-state index is 11.3. The van der Waals surface area contributed by atoms with E-state index in [0.717, 1.165) is 12.0 Å². The zero-order chi connectivity index (χ0) is 18.9. The van der Waals surface area contributed by atoms with Gasteiger partial charge in [0.1, 0.15) is 5.60 Å². The smallest absolute Gasteiger partial charge is 0.255 e. The fraction of sp³-hybridized carbons (Fsp3) is 0.529. The summed E-state index contributed by atoms with van der Waals surface area (Å²) in [4.78, 5) is 40.6. The lowest BCUT2D eigenvalue weighted by Crippen LogP contribution is -2.28. The normalized spacial score (nSPS) is 11.9. The van der Waals surface area contributed by atoms with Crippen LogP contribution in [0.1, 0.15) is 46.6 Å². The highest BCUT2D eigenvalue weighted by Crippen LogP contribution is 2.18. The lowest BCUT2D eigenvalue weighted by Gasteiger charge is -2.21. The van der Waals surface area contributed by atoms with Gasteiger partial charge in [-0.2, -0.15) is 9.78 Å². The molecule has 0 saturated heterocycles. The van der Waals surface area contributed by atoms with Crippen LogP contribution in [0.15, 0.2) is 30.3 Å². The Morgan fingerprint density at radius 1 is 0.840 bits per heavy atom. The molecular formula is C17H24O8. The summed E-state index contributed by atoms with van der Waals surface area (Å²) in [5.41, 5.74) is -0.325. The van der Waals surface area contributed by atoms with E-state index in [1.165, 1.54) is 0 Å². The summed E-state index contributed by atoms with van der Waals surface area (Å²) < 4.78 is 0. The zero-order valence-electron chi connectivity index (χ0n) is 15.1. The molecule has 0 aromatic heterocycles. The molecule has 0 aliphatic carbocycles. The van der Waals surface area contributed by atoms with Crippen molar-refractivity contribution < 1.29 is 39.2 Å². The van der Waals surface area contributed by atoms with Crippen LogP contribution in [0.3, 0.4) is 0 Å².